The van der Waals surface area contributed by atoms with Crippen LogP contribution in [0.25, 0.3) is 0 Å². The van der Waals surface area contributed by atoms with Crippen LogP contribution in [-0.4, -0.2) is 35.5 Å². The fourth-order valence-corrected chi connectivity index (χ4v) is 4.01. The second-order valence-electron chi connectivity index (χ2n) is 6.20. The fraction of sp³-hybridized carbons (Fsp3) is 0.400. The van der Waals surface area contributed by atoms with Gasteiger partial charge < -0.3 is 15.4 Å². The number of thioether (sulfide) groups is 1. The van der Waals surface area contributed by atoms with Gasteiger partial charge in [0.15, 0.2) is 5.96 Å². The van der Waals surface area contributed by atoms with Crippen molar-refractivity contribution in [1.29, 1.82) is 0 Å². The van der Waals surface area contributed by atoms with Gasteiger partial charge in [-0.2, -0.15) is 11.8 Å². The quantitative estimate of drug-likeness (QED) is 0.579. The third kappa shape index (κ3) is 5.95. The molecule has 1 aromatic heterocycles. The summed E-state index contributed by atoms with van der Waals surface area (Å²) in [5, 5.41) is 7.50. The van der Waals surface area contributed by atoms with Gasteiger partial charge in [0.25, 0.3) is 0 Å². The van der Waals surface area contributed by atoms with Gasteiger partial charge in [-0.25, -0.2) is 0 Å². The lowest BCUT2D eigenvalue weighted by Crippen LogP contribution is -2.39. The summed E-state index contributed by atoms with van der Waals surface area (Å²) >= 11 is 2.05. The minimum absolute atomic E-state index is 0.472. The molecule has 1 atom stereocenters. The van der Waals surface area contributed by atoms with Crippen LogP contribution in [0.2, 0.25) is 0 Å². The molecule has 0 radical (unpaired) electrons. The minimum atomic E-state index is 0.472. The number of aromatic nitrogens is 1. The summed E-state index contributed by atoms with van der Waals surface area (Å²) in [6.07, 6.45) is 4.40. The first kappa shape index (κ1) is 18.6. The number of pyridine rings is 1. The molecule has 2 aromatic rings. The third-order valence-electron chi connectivity index (χ3n) is 4.22. The summed E-state index contributed by atoms with van der Waals surface area (Å²) in [7, 11) is 1.81. The van der Waals surface area contributed by atoms with E-state index in [0.717, 1.165) is 29.5 Å². The van der Waals surface area contributed by atoms with Gasteiger partial charge in [0.05, 0.1) is 5.69 Å². The van der Waals surface area contributed by atoms with Crippen LogP contribution in [0.3, 0.4) is 0 Å². The van der Waals surface area contributed by atoms with Gasteiger partial charge in [-0.15, -0.1) is 0 Å². The lowest BCUT2D eigenvalue weighted by atomic mass is 10.2. The number of ether oxygens (including phenoxy) is 1. The highest BCUT2D eigenvalue weighted by Gasteiger charge is 2.15. The number of guanidine groups is 1. The first-order chi connectivity index (χ1) is 12.8. The van der Waals surface area contributed by atoms with E-state index in [1.807, 2.05) is 49.1 Å². The summed E-state index contributed by atoms with van der Waals surface area (Å²) in [5.41, 5.74) is 2.08. The monoisotopic (exact) mass is 370 g/mol. The van der Waals surface area contributed by atoms with E-state index in [4.69, 9.17) is 4.74 Å². The zero-order valence-corrected chi connectivity index (χ0v) is 16.0. The Kier molecular flexibility index (Phi) is 7.19. The Morgan fingerprint density at radius 2 is 2.23 bits per heavy atom. The molecule has 0 saturated carbocycles. The number of rotatable bonds is 7. The van der Waals surface area contributed by atoms with Crippen molar-refractivity contribution in [2.75, 3.05) is 19.3 Å². The Hall–Kier alpha value is -2.21. The molecule has 2 heterocycles. The van der Waals surface area contributed by atoms with Crippen LogP contribution in [0.1, 0.15) is 24.1 Å². The van der Waals surface area contributed by atoms with Crippen molar-refractivity contribution in [3.05, 3.63) is 59.9 Å². The predicted molar refractivity (Wildman–Crippen MR) is 109 cm³/mol. The summed E-state index contributed by atoms with van der Waals surface area (Å²) < 4.78 is 5.84. The highest BCUT2D eigenvalue weighted by molar-refractivity contribution is 8.00. The number of hydrogen-bond acceptors (Lipinski definition) is 4. The Bertz CT molecular complexity index is 702. The summed E-state index contributed by atoms with van der Waals surface area (Å²) in [4.78, 5) is 8.58. The number of nitrogens with one attached hydrogen (secondary N) is 2. The van der Waals surface area contributed by atoms with E-state index in [2.05, 4.69) is 32.7 Å². The van der Waals surface area contributed by atoms with E-state index < -0.39 is 0 Å². The number of nitrogens with zero attached hydrogens (tertiary/aromatic N) is 2. The highest BCUT2D eigenvalue weighted by Crippen LogP contribution is 2.25. The van der Waals surface area contributed by atoms with Crippen LogP contribution < -0.4 is 15.4 Å². The van der Waals surface area contributed by atoms with Crippen molar-refractivity contribution in [2.24, 2.45) is 4.99 Å². The van der Waals surface area contributed by atoms with Crippen molar-refractivity contribution < 1.29 is 4.74 Å². The molecule has 0 bridgehead atoms. The zero-order valence-electron chi connectivity index (χ0n) is 15.1. The predicted octanol–water partition coefficient (Wildman–Crippen LogP) is 3.22. The van der Waals surface area contributed by atoms with Crippen molar-refractivity contribution in [2.45, 2.75) is 31.2 Å². The Balaban J connectivity index is 1.46. The lowest BCUT2D eigenvalue weighted by Gasteiger charge is -2.15. The molecule has 5 nitrogen and oxygen atoms in total. The van der Waals surface area contributed by atoms with Crippen molar-refractivity contribution >= 4 is 17.7 Å². The van der Waals surface area contributed by atoms with Crippen LogP contribution in [-0.2, 0) is 13.2 Å². The minimum Gasteiger partial charge on any atom is -0.487 e. The molecule has 0 aliphatic carbocycles. The molecule has 1 aliphatic heterocycles. The van der Waals surface area contributed by atoms with E-state index in [9.17, 15) is 0 Å². The second kappa shape index (κ2) is 10.1. The van der Waals surface area contributed by atoms with Gasteiger partial charge in [-0.3, -0.25) is 9.98 Å². The molecule has 138 valence electrons. The normalized spacial score (nSPS) is 17.1. The number of aliphatic imine (C=N–C) groups is 1. The molecule has 1 aromatic carbocycles. The maximum atomic E-state index is 5.84. The average molecular weight is 371 g/mol. The molecule has 26 heavy (non-hydrogen) atoms. The Labute approximate surface area is 159 Å². The molecule has 0 amide bonds. The van der Waals surface area contributed by atoms with Gasteiger partial charge in [0.1, 0.15) is 12.4 Å². The molecular weight excluding hydrogens is 344 g/mol. The third-order valence-corrected chi connectivity index (χ3v) is 5.61. The molecule has 2 N–H and O–H groups in total. The standard InChI is InChI=1S/C20H26N4OS/c1-21-20(24-14-19-9-5-11-26-19)23-13-16-6-4-8-18(12-16)25-15-17-7-2-3-10-22-17/h2-4,6-8,10,12,19H,5,9,11,13-15H2,1H3,(H2,21,23,24). The number of benzene rings is 1. The van der Waals surface area contributed by atoms with Crippen molar-refractivity contribution in [3.8, 4) is 5.75 Å². The smallest absolute Gasteiger partial charge is 0.191 e. The molecule has 6 heteroatoms. The molecule has 0 spiro atoms. The van der Waals surface area contributed by atoms with Crippen LogP contribution in [0, 0.1) is 0 Å². The number of hydrogen-bond donors (Lipinski definition) is 2. The van der Waals surface area contributed by atoms with Crippen LogP contribution in [0.5, 0.6) is 5.75 Å². The topological polar surface area (TPSA) is 58.5 Å². The van der Waals surface area contributed by atoms with Crippen LogP contribution in [0.4, 0.5) is 0 Å². The maximum absolute atomic E-state index is 5.84. The average Bonchev–Trinajstić information content (AvgIpc) is 3.21. The van der Waals surface area contributed by atoms with E-state index in [1.54, 1.807) is 6.20 Å². The van der Waals surface area contributed by atoms with Crippen LogP contribution in [0.15, 0.2) is 53.7 Å². The van der Waals surface area contributed by atoms with Gasteiger partial charge in [-0.05, 0) is 48.4 Å². The first-order valence-corrected chi connectivity index (χ1v) is 10.1. The highest BCUT2D eigenvalue weighted by atomic mass is 32.2. The summed E-state index contributed by atoms with van der Waals surface area (Å²) in [6.45, 7) is 2.15. The first-order valence-electron chi connectivity index (χ1n) is 9.01. The summed E-state index contributed by atoms with van der Waals surface area (Å²) in [6, 6.07) is 13.9. The Morgan fingerprint density at radius 3 is 3.00 bits per heavy atom. The van der Waals surface area contributed by atoms with E-state index in [1.165, 1.54) is 18.6 Å². The largest absolute Gasteiger partial charge is 0.487 e. The molecular formula is C20H26N4OS. The molecule has 1 aliphatic rings. The van der Waals surface area contributed by atoms with Gasteiger partial charge in [0.2, 0.25) is 0 Å². The Morgan fingerprint density at radius 1 is 1.27 bits per heavy atom. The lowest BCUT2D eigenvalue weighted by molar-refractivity contribution is 0.301. The van der Waals surface area contributed by atoms with E-state index in [-0.39, 0.29) is 0 Å². The van der Waals surface area contributed by atoms with Gasteiger partial charge in [-0.1, -0.05) is 18.2 Å². The van der Waals surface area contributed by atoms with Gasteiger partial charge in [0, 0.05) is 31.6 Å². The van der Waals surface area contributed by atoms with Crippen LogP contribution >= 0.6 is 11.8 Å². The zero-order chi connectivity index (χ0) is 18.0. The summed E-state index contributed by atoms with van der Waals surface area (Å²) in [5.74, 6) is 2.97. The fourth-order valence-electron chi connectivity index (χ4n) is 2.81. The van der Waals surface area contributed by atoms with Gasteiger partial charge >= 0.3 is 0 Å². The SMILES string of the molecule is CN=C(NCc1cccc(OCc2ccccn2)c1)NCC1CCCS1. The molecule has 1 saturated heterocycles. The van der Waals surface area contributed by atoms with E-state index >= 15 is 0 Å². The van der Waals surface area contributed by atoms with Crippen molar-refractivity contribution in [3.63, 3.8) is 0 Å². The second-order valence-corrected chi connectivity index (χ2v) is 7.61. The molecule has 3 rings (SSSR count). The molecule has 1 unspecified atom stereocenters. The van der Waals surface area contributed by atoms with Crippen molar-refractivity contribution in [1.82, 2.24) is 15.6 Å². The van der Waals surface area contributed by atoms with E-state index in [0.29, 0.717) is 18.4 Å². The molecule has 1 fully saturated rings. The maximum Gasteiger partial charge on any atom is 0.191 e.